The number of nitrogens with zero attached hydrogens (tertiary/aromatic N) is 3. The fourth-order valence-electron chi connectivity index (χ4n) is 2.97. The Kier molecular flexibility index (Phi) is 5.17. The lowest BCUT2D eigenvalue weighted by molar-refractivity contribution is -0.122. The predicted molar refractivity (Wildman–Crippen MR) is 79.6 cm³/mol. The molecule has 0 saturated carbocycles. The van der Waals surface area contributed by atoms with Crippen molar-refractivity contribution in [2.24, 2.45) is 0 Å². The number of nitrogens with one attached hydrogen (secondary N) is 1. The Balaban J connectivity index is 1.81. The van der Waals surface area contributed by atoms with Crippen molar-refractivity contribution in [2.75, 3.05) is 19.6 Å². The zero-order chi connectivity index (χ0) is 14.5. The molecule has 1 N–H and O–H groups in total. The molecule has 20 heavy (non-hydrogen) atoms. The van der Waals surface area contributed by atoms with Crippen LogP contribution in [0.2, 0.25) is 0 Å². The van der Waals surface area contributed by atoms with Gasteiger partial charge >= 0.3 is 0 Å². The number of likely N-dealkylation sites (N-methyl/N-ethyl adjacent to an activating group) is 1. The first kappa shape index (κ1) is 15.0. The van der Waals surface area contributed by atoms with Crippen LogP contribution in [0, 0.1) is 13.8 Å². The van der Waals surface area contributed by atoms with Gasteiger partial charge in [0.2, 0.25) is 5.91 Å². The van der Waals surface area contributed by atoms with E-state index < -0.39 is 0 Å². The SMILES string of the molecule is CCN1CCCCC1CNC(=O)Cn1nc(C)cc1C. The highest BCUT2D eigenvalue weighted by atomic mass is 16.2. The topological polar surface area (TPSA) is 50.2 Å². The van der Waals surface area contributed by atoms with E-state index in [0.717, 1.165) is 31.0 Å². The highest BCUT2D eigenvalue weighted by Crippen LogP contribution is 2.15. The fraction of sp³-hybridized carbons (Fsp3) is 0.733. The summed E-state index contributed by atoms with van der Waals surface area (Å²) >= 11 is 0. The lowest BCUT2D eigenvalue weighted by Gasteiger charge is -2.34. The van der Waals surface area contributed by atoms with Crippen LogP contribution in [0.25, 0.3) is 0 Å². The Morgan fingerprint density at radius 2 is 2.25 bits per heavy atom. The van der Waals surface area contributed by atoms with Crippen molar-refractivity contribution in [3.05, 3.63) is 17.5 Å². The van der Waals surface area contributed by atoms with Gasteiger partial charge in [-0.3, -0.25) is 14.4 Å². The van der Waals surface area contributed by atoms with Crippen LogP contribution in [-0.2, 0) is 11.3 Å². The lowest BCUT2D eigenvalue weighted by Crippen LogP contribution is -2.47. The molecular formula is C15H26N4O. The van der Waals surface area contributed by atoms with Gasteiger partial charge in [0.05, 0.1) is 5.69 Å². The summed E-state index contributed by atoms with van der Waals surface area (Å²) in [5, 5.41) is 7.38. The Labute approximate surface area is 121 Å². The van der Waals surface area contributed by atoms with Crippen LogP contribution in [-0.4, -0.2) is 46.3 Å². The smallest absolute Gasteiger partial charge is 0.241 e. The molecule has 1 aromatic heterocycles. The molecule has 5 heteroatoms. The van der Waals surface area contributed by atoms with E-state index in [1.165, 1.54) is 19.3 Å². The monoisotopic (exact) mass is 278 g/mol. The van der Waals surface area contributed by atoms with Crippen molar-refractivity contribution >= 4 is 5.91 Å². The van der Waals surface area contributed by atoms with Crippen LogP contribution in [0.1, 0.15) is 37.6 Å². The van der Waals surface area contributed by atoms with Crippen LogP contribution < -0.4 is 5.32 Å². The van der Waals surface area contributed by atoms with E-state index in [4.69, 9.17) is 0 Å². The summed E-state index contributed by atoms with van der Waals surface area (Å²) in [5.74, 6) is 0.0535. The molecule has 0 radical (unpaired) electrons. The Morgan fingerprint density at radius 3 is 2.90 bits per heavy atom. The number of piperidine rings is 1. The first-order valence-electron chi connectivity index (χ1n) is 7.62. The normalized spacial score (nSPS) is 20.1. The third-order valence-corrected chi connectivity index (χ3v) is 4.09. The third-order valence-electron chi connectivity index (χ3n) is 4.09. The van der Waals surface area contributed by atoms with E-state index in [-0.39, 0.29) is 5.91 Å². The standard InChI is InChI=1S/C15H26N4O/c1-4-18-8-6-5-7-14(18)10-16-15(20)11-19-13(3)9-12(2)17-19/h9,14H,4-8,10-11H2,1-3H3,(H,16,20). The van der Waals surface area contributed by atoms with Crippen molar-refractivity contribution < 1.29 is 4.79 Å². The summed E-state index contributed by atoms with van der Waals surface area (Å²) < 4.78 is 1.77. The maximum absolute atomic E-state index is 12.0. The molecule has 1 amide bonds. The molecule has 1 aliphatic rings. The molecule has 2 rings (SSSR count). The quantitative estimate of drug-likeness (QED) is 0.888. The van der Waals surface area contributed by atoms with Gasteiger partial charge in [-0.05, 0) is 45.8 Å². The molecule has 1 unspecified atom stereocenters. The second kappa shape index (κ2) is 6.88. The second-order valence-electron chi connectivity index (χ2n) is 5.67. The average Bonchev–Trinajstić information content (AvgIpc) is 2.75. The van der Waals surface area contributed by atoms with Crippen molar-refractivity contribution in [3.63, 3.8) is 0 Å². The van der Waals surface area contributed by atoms with Gasteiger partial charge < -0.3 is 5.32 Å². The zero-order valence-corrected chi connectivity index (χ0v) is 12.9. The van der Waals surface area contributed by atoms with Crippen LogP contribution in [0.5, 0.6) is 0 Å². The Bertz CT molecular complexity index is 455. The number of carbonyl (C=O) groups is 1. The number of aryl methyl sites for hydroxylation is 2. The van der Waals surface area contributed by atoms with Crippen molar-refractivity contribution in [1.29, 1.82) is 0 Å². The summed E-state index contributed by atoms with van der Waals surface area (Å²) in [7, 11) is 0. The van der Waals surface area contributed by atoms with Gasteiger partial charge in [-0.15, -0.1) is 0 Å². The summed E-state index contributed by atoms with van der Waals surface area (Å²) in [6.07, 6.45) is 3.74. The summed E-state index contributed by atoms with van der Waals surface area (Å²) in [5.41, 5.74) is 1.99. The maximum atomic E-state index is 12.0. The largest absolute Gasteiger partial charge is 0.353 e. The van der Waals surface area contributed by atoms with Crippen LogP contribution >= 0.6 is 0 Å². The minimum Gasteiger partial charge on any atom is -0.353 e. The predicted octanol–water partition coefficient (Wildman–Crippen LogP) is 1.49. The van der Waals surface area contributed by atoms with Gasteiger partial charge in [-0.1, -0.05) is 13.3 Å². The molecule has 1 saturated heterocycles. The van der Waals surface area contributed by atoms with Gasteiger partial charge in [0.15, 0.2) is 0 Å². The molecule has 0 spiro atoms. The van der Waals surface area contributed by atoms with E-state index in [9.17, 15) is 4.79 Å². The molecule has 5 nitrogen and oxygen atoms in total. The van der Waals surface area contributed by atoms with Gasteiger partial charge in [0.1, 0.15) is 6.54 Å². The van der Waals surface area contributed by atoms with E-state index in [1.54, 1.807) is 4.68 Å². The number of amides is 1. The molecule has 1 fully saturated rings. The molecular weight excluding hydrogens is 252 g/mol. The number of hydrogen-bond donors (Lipinski definition) is 1. The number of hydrogen-bond acceptors (Lipinski definition) is 3. The molecule has 0 bridgehead atoms. The van der Waals surface area contributed by atoms with Gasteiger partial charge in [0.25, 0.3) is 0 Å². The van der Waals surface area contributed by atoms with Crippen molar-refractivity contribution in [3.8, 4) is 0 Å². The van der Waals surface area contributed by atoms with Gasteiger partial charge in [-0.25, -0.2) is 0 Å². The molecule has 2 heterocycles. The van der Waals surface area contributed by atoms with E-state index in [1.807, 2.05) is 19.9 Å². The summed E-state index contributed by atoms with van der Waals surface area (Å²) in [6, 6.07) is 2.49. The maximum Gasteiger partial charge on any atom is 0.241 e. The van der Waals surface area contributed by atoms with E-state index in [2.05, 4.69) is 22.2 Å². The fourth-order valence-corrected chi connectivity index (χ4v) is 2.97. The van der Waals surface area contributed by atoms with Crippen molar-refractivity contribution in [1.82, 2.24) is 20.0 Å². The first-order chi connectivity index (χ1) is 9.60. The van der Waals surface area contributed by atoms with E-state index in [0.29, 0.717) is 12.6 Å². The lowest BCUT2D eigenvalue weighted by atomic mass is 10.0. The molecule has 1 aromatic rings. The van der Waals surface area contributed by atoms with Gasteiger partial charge in [-0.2, -0.15) is 5.10 Å². The van der Waals surface area contributed by atoms with Crippen LogP contribution in [0.3, 0.4) is 0 Å². The molecule has 0 aromatic carbocycles. The molecule has 1 atom stereocenters. The van der Waals surface area contributed by atoms with Crippen LogP contribution in [0.15, 0.2) is 6.07 Å². The Morgan fingerprint density at radius 1 is 1.45 bits per heavy atom. The number of likely N-dealkylation sites (tertiary alicyclic amines) is 1. The van der Waals surface area contributed by atoms with E-state index >= 15 is 0 Å². The highest BCUT2D eigenvalue weighted by Gasteiger charge is 2.21. The number of rotatable bonds is 5. The van der Waals surface area contributed by atoms with Crippen molar-refractivity contribution in [2.45, 2.75) is 52.6 Å². The van der Waals surface area contributed by atoms with Gasteiger partial charge in [0, 0.05) is 18.3 Å². The molecule has 1 aliphatic heterocycles. The first-order valence-corrected chi connectivity index (χ1v) is 7.62. The minimum absolute atomic E-state index is 0.0535. The second-order valence-corrected chi connectivity index (χ2v) is 5.67. The minimum atomic E-state index is 0.0535. The molecule has 0 aliphatic carbocycles. The summed E-state index contributed by atoms with van der Waals surface area (Å²) in [6.45, 7) is 9.42. The highest BCUT2D eigenvalue weighted by molar-refractivity contribution is 5.75. The number of carbonyl (C=O) groups excluding carboxylic acids is 1. The Hall–Kier alpha value is -1.36. The summed E-state index contributed by atoms with van der Waals surface area (Å²) in [4.78, 5) is 14.5. The zero-order valence-electron chi connectivity index (χ0n) is 12.9. The average molecular weight is 278 g/mol. The number of aromatic nitrogens is 2. The molecule has 112 valence electrons. The van der Waals surface area contributed by atoms with Crippen LogP contribution in [0.4, 0.5) is 0 Å². The third kappa shape index (κ3) is 3.82.